The lowest BCUT2D eigenvalue weighted by molar-refractivity contribution is 0.576. The molecule has 84 valence electrons. The molecule has 1 aliphatic heterocycles. The minimum atomic E-state index is -0.657. The maximum Gasteiger partial charge on any atom is 0.143 e. The molecule has 1 fully saturated rings. The minimum absolute atomic E-state index is 0.282. The Morgan fingerprint density at radius 1 is 1.19 bits per heavy atom. The van der Waals surface area contributed by atoms with Crippen molar-refractivity contribution in [2.45, 2.75) is 0 Å². The molecule has 0 aromatic heterocycles. The highest BCUT2D eigenvalue weighted by Crippen LogP contribution is 2.24. The van der Waals surface area contributed by atoms with Crippen molar-refractivity contribution in [3.05, 3.63) is 29.3 Å². The number of halogens is 2. The van der Waals surface area contributed by atoms with Crippen LogP contribution in [0.25, 0.3) is 0 Å². The normalized spacial score (nSPS) is 15.9. The van der Waals surface area contributed by atoms with E-state index in [4.69, 9.17) is 6.42 Å². The van der Waals surface area contributed by atoms with E-state index >= 15 is 0 Å². The van der Waals surface area contributed by atoms with Gasteiger partial charge in [0.15, 0.2) is 0 Å². The van der Waals surface area contributed by atoms with E-state index in [0.29, 0.717) is 5.69 Å². The monoisotopic (exact) mass is 239 g/mol. The molecule has 2 rings (SSSR count). The van der Waals surface area contributed by atoms with Crippen molar-refractivity contribution in [1.29, 1.82) is 0 Å². The van der Waals surface area contributed by atoms with E-state index < -0.39 is 11.6 Å². The maximum atomic E-state index is 13.5. The summed E-state index contributed by atoms with van der Waals surface area (Å²) in [4.78, 5) is 1.98. The van der Waals surface area contributed by atoms with E-state index in [1.807, 2.05) is 22.6 Å². The zero-order valence-electron chi connectivity index (χ0n) is 8.67. The molecule has 16 heavy (non-hydrogen) atoms. The SMILES string of the molecule is C#Cc1c(F)cc(N2CCSCC2)cc1F. The van der Waals surface area contributed by atoms with Gasteiger partial charge in [-0.25, -0.2) is 8.78 Å². The van der Waals surface area contributed by atoms with Crippen LogP contribution in [-0.2, 0) is 0 Å². The fourth-order valence-electron chi connectivity index (χ4n) is 1.70. The summed E-state index contributed by atoms with van der Waals surface area (Å²) < 4.78 is 26.9. The van der Waals surface area contributed by atoms with E-state index in [2.05, 4.69) is 0 Å². The van der Waals surface area contributed by atoms with Crippen LogP contribution in [0.2, 0.25) is 0 Å². The van der Waals surface area contributed by atoms with Crippen molar-refractivity contribution in [3.63, 3.8) is 0 Å². The van der Waals surface area contributed by atoms with Gasteiger partial charge in [0.1, 0.15) is 11.6 Å². The van der Waals surface area contributed by atoms with Gasteiger partial charge >= 0.3 is 0 Å². The van der Waals surface area contributed by atoms with E-state index in [-0.39, 0.29) is 5.56 Å². The quantitative estimate of drug-likeness (QED) is 0.693. The van der Waals surface area contributed by atoms with Gasteiger partial charge in [-0.3, -0.25) is 0 Å². The Labute approximate surface area is 97.8 Å². The van der Waals surface area contributed by atoms with Gasteiger partial charge in [0.25, 0.3) is 0 Å². The summed E-state index contributed by atoms with van der Waals surface area (Å²) in [6.07, 6.45) is 5.03. The largest absolute Gasteiger partial charge is 0.370 e. The number of anilines is 1. The van der Waals surface area contributed by atoms with Gasteiger partial charge in [0.05, 0.1) is 5.56 Å². The van der Waals surface area contributed by atoms with Crippen LogP contribution in [-0.4, -0.2) is 24.6 Å². The molecular weight excluding hydrogens is 228 g/mol. The second-order valence-corrected chi connectivity index (χ2v) is 4.75. The first-order valence-corrected chi connectivity index (χ1v) is 6.16. The lowest BCUT2D eigenvalue weighted by Crippen LogP contribution is -2.32. The Bertz CT molecular complexity index is 410. The molecule has 1 nitrogen and oxygen atoms in total. The Kier molecular flexibility index (Phi) is 3.35. The van der Waals surface area contributed by atoms with Crippen LogP contribution in [0.4, 0.5) is 14.5 Å². The fraction of sp³-hybridized carbons (Fsp3) is 0.333. The molecule has 0 saturated carbocycles. The van der Waals surface area contributed by atoms with Gasteiger partial charge in [-0.05, 0) is 12.1 Å². The van der Waals surface area contributed by atoms with Crippen molar-refractivity contribution < 1.29 is 8.78 Å². The molecule has 1 heterocycles. The lowest BCUT2D eigenvalue weighted by Gasteiger charge is -2.28. The first kappa shape index (κ1) is 11.3. The summed E-state index contributed by atoms with van der Waals surface area (Å²) in [6, 6.07) is 2.63. The smallest absolute Gasteiger partial charge is 0.143 e. The molecule has 0 unspecified atom stereocenters. The molecule has 1 aromatic carbocycles. The molecule has 1 saturated heterocycles. The molecule has 0 bridgehead atoms. The van der Waals surface area contributed by atoms with E-state index in [1.54, 1.807) is 0 Å². The van der Waals surface area contributed by atoms with E-state index in [9.17, 15) is 8.78 Å². The number of benzene rings is 1. The molecule has 0 aliphatic carbocycles. The van der Waals surface area contributed by atoms with Crippen LogP contribution >= 0.6 is 11.8 Å². The molecule has 1 aromatic rings. The highest BCUT2D eigenvalue weighted by molar-refractivity contribution is 7.99. The van der Waals surface area contributed by atoms with Gasteiger partial charge in [-0.2, -0.15) is 11.8 Å². The first-order valence-electron chi connectivity index (χ1n) is 5.00. The summed E-state index contributed by atoms with van der Waals surface area (Å²) in [6.45, 7) is 1.64. The fourth-order valence-corrected chi connectivity index (χ4v) is 2.60. The molecule has 0 amide bonds. The predicted octanol–water partition coefficient (Wildman–Crippen LogP) is 2.50. The molecule has 0 N–H and O–H groups in total. The molecule has 4 heteroatoms. The standard InChI is InChI=1S/C12H11F2NS/c1-2-10-11(13)7-9(8-12(10)14)15-3-5-16-6-4-15/h1,7-8H,3-6H2. The topological polar surface area (TPSA) is 3.24 Å². The summed E-state index contributed by atoms with van der Waals surface area (Å²) in [5, 5.41) is 0. The van der Waals surface area contributed by atoms with Crippen molar-refractivity contribution in [3.8, 4) is 12.3 Å². The number of terminal acetylenes is 1. The van der Waals surface area contributed by atoms with Crippen LogP contribution in [0, 0.1) is 24.0 Å². The molecule has 1 aliphatic rings. The number of hydrogen-bond acceptors (Lipinski definition) is 2. The van der Waals surface area contributed by atoms with Crippen LogP contribution in [0.1, 0.15) is 5.56 Å². The van der Waals surface area contributed by atoms with Gasteiger partial charge in [0.2, 0.25) is 0 Å². The average molecular weight is 239 g/mol. The van der Waals surface area contributed by atoms with Crippen molar-refractivity contribution >= 4 is 17.4 Å². The zero-order chi connectivity index (χ0) is 11.5. The van der Waals surface area contributed by atoms with Gasteiger partial charge in [-0.1, -0.05) is 5.92 Å². The summed E-state index contributed by atoms with van der Waals surface area (Å²) in [5.74, 6) is 2.68. The minimum Gasteiger partial charge on any atom is -0.370 e. The van der Waals surface area contributed by atoms with Gasteiger partial charge in [0, 0.05) is 30.3 Å². The molecular formula is C12H11F2NS. The second kappa shape index (κ2) is 4.75. The number of rotatable bonds is 1. The van der Waals surface area contributed by atoms with Crippen LogP contribution in [0.15, 0.2) is 12.1 Å². The van der Waals surface area contributed by atoms with E-state index in [0.717, 1.165) is 24.6 Å². The van der Waals surface area contributed by atoms with Crippen molar-refractivity contribution in [2.24, 2.45) is 0 Å². The number of hydrogen-bond donors (Lipinski definition) is 0. The van der Waals surface area contributed by atoms with Crippen LogP contribution < -0.4 is 4.90 Å². The Balaban J connectivity index is 2.32. The Morgan fingerprint density at radius 3 is 2.25 bits per heavy atom. The lowest BCUT2D eigenvalue weighted by atomic mass is 10.1. The highest BCUT2D eigenvalue weighted by Gasteiger charge is 2.15. The van der Waals surface area contributed by atoms with Crippen molar-refractivity contribution in [2.75, 3.05) is 29.5 Å². The summed E-state index contributed by atoms with van der Waals surface area (Å²) in [5.41, 5.74) is 0.296. The van der Waals surface area contributed by atoms with Gasteiger partial charge in [-0.15, -0.1) is 6.42 Å². The van der Waals surface area contributed by atoms with E-state index in [1.165, 1.54) is 12.1 Å². The third kappa shape index (κ3) is 2.14. The first-order chi connectivity index (χ1) is 7.72. The average Bonchev–Trinajstić information content (AvgIpc) is 2.30. The maximum absolute atomic E-state index is 13.5. The Hall–Kier alpha value is -1.21. The van der Waals surface area contributed by atoms with Crippen LogP contribution in [0.3, 0.4) is 0 Å². The molecule has 0 spiro atoms. The zero-order valence-corrected chi connectivity index (χ0v) is 9.49. The van der Waals surface area contributed by atoms with Crippen molar-refractivity contribution in [1.82, 2.24) is 0 Å². The highest BCUT2D eigenvalue weighted by atomic mass is 32.2. The third-order valence-electron chi connectivity index (χ3n) is 2.55. The van der Waals surface area contributed by atoms with Crippen LogP contribution in [0.5, 0.6) is 0 Å². The number of thioether (sulfide) groups is 1. The predicted molar refractivity (Wildman–Crippen MR) is 63.8 cm³/mol. The summed E-state index contributed by atoms with van der Waals surface area (Å²) in [7, 11) is 0. The molecule has 0 atom stereocenters. The second-order valence-electron chi connectivity index (χ2n) is 3.53. The Morgan fingerprint density at radius 2 is 1.75 bits per heavy atom. The van der Waals surface area contributed by atoms with Gasteiger partial charge < -0.3 is 4.90 Å². The number of nitrogens with zero attached hydrogens (tertiary/aromatic N) is 1. The molecule has 0 radical (unpaired) electrons. The third-order valence-corrected chi connectivity index (χ3v) is 3.49. The summed E-state index contributed by atoms with van der Waals surface area (Å²) >= 11 is 1.85.